The van der Waals surface area contributed by atoms with E-state index in [2.05, 4.69) is 36.3 Å². The summed E-state index contributed by atoms with van der Waals surface area (Å²) in [5.74, 6) is 1.96. The predicted octanol–water partition coefficient (Wildman–Crippen LogP) is 2.99. The Balaban J connectivity index is 1.87. The summed E-state index contributed by atoms with van der Waals surface area (Å²) in [4.78, 5) is 4.69. The lowest BCUT2D eigenvalue weighted by Gasteiger charge is -2.34. The van der Waals surface area contributed by atoms with Gasteiger partial charge in [0.15, 0.2) is 0 Å². The molecule has 0 aromatic carbocycles. The van der Waals surface area contributed by atoms with Gasteiger partial charge in [0.25, 0.3) is 0 Å². The standard InChI is InChI=1S/C15H22N2S/c1-16-15(13-8-4-10-18-13)12-7-2-5-11-6-3-9-17-14(11)12/h3,6,9,12-13,15-16H,2,4-5,7-8,10H2,1H3. The van der Waals surface area contributed by atoms with Gasteiger partial charge in [-0.1, -0.05) is 6.07 Å². The highest BCUT2D eigenvalue weighted by Gasteiger charge is 2.34. The zero-order valence-corrected chi connectivity index (χ0v) is 11.9. The zero-order chi connectivity index (χ0) is 12.4. The van der Waals surface area contributed by atoms with Crippen molar-refractivity contribution in [2.24, 2.45) is 0 Å². The Morgan fingerprint density at radius 2 is 2.33 bits per heavy atom. The van der Waals surface area contributed by atoms with Crippen LogP contribution in [0.4, 0.5) is 0 Å². The molecule has 1 fully saturated rings. The van der Waals surface area contributed by atoms with Crippen LogP contribution in [0.5, 0.6) is 0 Å². The van der Waals surface area contributed by atoms with Crippen molar-refractivity contribution in [3.8, 4) is 0 Å². The molecule has 0 bridgehead atoms. The Morgan fingerprint density at radius 1 is 1.39 bits per heavy atom. The van der Waals surface area contributed by atoms with Crippen molar-refractivity contribution >= 4 is 11.8 Å². The minimum absolute atomic E-state index is 0.603. The van der Waals surface area contributed by atoms with E-state index in [4.69, 9.17) is 4.98 Å². The lowest BCUT2D eigenvalue weighted by Crippen LogP contribution is -2.41. The molecule has 2 nitrogen and oxygen atoms in total. The van der Waals surface area contributed by atoms with Gasteiger partial charge in [0.1, 0.15) is 0 Å². The molecule has 2 aliphatic rings. The molecule has 98 valence electrons. The fraction of sp³-hybridized carbons (Fsp3) is 0.667. The van der Waals surface area contributed by atoms with E-state index in [-0.39, 0.29) is 0 Å². The molecule has 3 heteroatoms. The van der Waals surface area contributed by atoms with E-state index in [9.17, 15) is 0 Å². The number of rotatable bonds is 3. The Kier molecular flexibility index (Phi) is 3.90. The van der Waals surface area contributed by atoms with Crippen molar-refractivity contribution in [1.82, 2.24) is 10.3 Å². The van der Waals surface area contributed by atoms with Crippen LogP contribution in [0.1, 0.15) is 42.9 Å². The molecule has 0 spiro atoms. The Morgan fingerprint density at radius 3 is 3.11 bits per heavy atom. The second-order valence-electron chi connectivity index (χ2n) is 5.41. The minimum Gasteiger partial charge on any atom is -0.315 e. The van der Waals surface area contributed by atoms with Crippen LogP contribution in [0.15, 0.2) is 18.3 Å². The number of aryl methyl sites for hydroxylation is 1. The van der Waals surface area contributed by atoms with E-state index in [1.54, 1.807) is 0 Å². The van der Waals surface area contributed by atoms with Crippen LogP contribution in [-0.4, -0.2) is 29.1 Å². The first-order valence-corrected chi connectivity index (χ1v) is 8.17. The van der Waals surface area contributed by atoms with E-state index in [1.165, 1.54) is 49.1 Å². The fourth-order valence-corrected chi connectivity index (χ4v) is 5.03. The summed E-state index contributed by atoms with van der Waals surface area (Å²) in [6.45, 7) is 0. The van der Waals surface area contributed by atoms with Gasteiger partial charge in [-0.2, -0.15) is 11.8 Å². The molecule has 3 rings (SSSR count). The SMILES string of the molecule is CNC(C1CCCS1)C1CCCc2cccnc21. The molecule has 1 aliphatic heterocycles. The molecule has 18 heavy (non-hydrogen) atoms. The number of nitrogens with one attached hydrogen (secondary N) is 1. The highest BCUT2D eigenvalue weighted by molar-refractivity contribution is 8.00. The second-order valence-corrected chi connectivity index (χ2v) is 6.76. The summed E-state index contributed by atoms with van der Waals surface area (Å²) in [6, 6.07) is 4.95. The number of pyridine rings is 1. The largest absolute Gasteiger partial charge is 0.315 e. The zero-order valence-electron chi connectivity index (χ0n) is 11.1. The van der Waals surface area contributed by atoms with Crippen LogP contribution in [0.2, 0.25) is 0 Å². The maximum atomic E-state index is 4.69. The average molecular weight is 262 g/mol. The van der Waals surface area contributed by atoms with Gasteiger partial charge in [-0.15, -0.1) is 0 Å². The molecule has 1 aromatic rings. The van der Waals surface area contributed by atoms with Gasteiger partial charge >= 0.3 is 0 Å². The van der Waals surface area contributed by atoms with Gasteiger partial charge in [0, 0.05) is 29.1 Å². The first kappa shape index (κ1) is 12.5. The van der Waals surface area contributed by atoms with Crippen molar-refractivity contribution in [3.63, 3.8) is 0 Å². The third kappa shape index (κ3) is 2.30. The number of thioether (sulfide) groups is 1. The average Bonchev–Trinajstić information content (AvgIpc) is 2.94. The lowest BCUT2D eigenvalue weighted by atomic mass is 9.80. The summed E-state index contributed by atoms with van der Waals surface area (Å²) in [7, 11) is 2.13. The van der Waals surface area contributed by atoms with Crippen LogP contribution < -0.4 is 5.32 Å². The minimum atomic E-state index is 0.603. The van der Waals surface area contributed by atoms with Crippen molar-refractivity contribution in [2.45, 2.75) is 49.3 Å². The van der Waals surface area contributed by atoms with E-state index in [0.717, 1.165) is 5.25 Å². The molecule has 1 saturated heterocycles. The Hall–Kier alpha value is -0.540. The van der Waals surface area contributed by atoms with Gasteiger partial charge in [0.2, 0.25) is 0 Å². The third-order valence-corrected chi connectivity index (χ3v) is 5.85. The number of nitrogens with zero attached hydrogens (tertiary/aromatic N) is 1. The number of hydrogen-bond donors (Lipinski definition) is 1. The molecule has 3 atom stereocenters. The molecule has 0 amide bonds. The first-order chi connectivity index (χ1) is 8.90. The van der Waals surface area contributed by atoms with E-state index in [0.29, 0.717) is 12.0 Å². The summed E-state index contributed by atoms with van der Waals surface area (Å²) in [6.07, 6.45) is 8.55. The molecule has 0 radical (unpaired) electrons. The van der Waals surface area contributed by atoms with Crippen LogP contribution >= 0.6 is 11.8 Å². The Bertz CT molecular complexity index is 401. The van der Waals surface area contributed by atoms with Crippen LogP contribution in [0.3, 0.4) is 0 Å². The van der Waals surface area contributed by atoms with Gasteiger partial charge < -0.3 is 5.32 Å². The normalized spacial score (nSPS) is 28.9. The summed E-state index contributed by atoms with van der Waals surface area (Å²) in [5, 5.41) is 4.38. The van der Waals surface area contributed by atoms with Crippen LogP contribution in [0, 0.1) is 0 Å². The number of fused-ring (bicyclic) bond motifs is 1. The monoisotopic (exact) mass is 262 g/mol. The fourth-order valence-electron chi connectivity index (χ4n) is 3.53. The second kappa shape index (κ2) is 5.62. The summed E-state index contributed by atoms with van der Waals surface area (Å²) < 4.78 is 0. The molecular weight excluding hydrogens is 240 g/mol. The molecule has 0 saturated carbocycles. The lowest BCUT2D eigenvalue weighted by molar-refractivity contribution is 0.391. The highest BCUT2D eigenvalue weighted by atomic mass is 32.2. The molecule has 2 heterocycles. The number of aromatic nitrogens is 1. The van der Waals surface area contributed by atoms with Crippen molar-refractivity contribution in [1.29, 1.82) is 0 Å². The van der Waals surface area contributed by atoms with Gasteiger partial charge in [-0.25, -0.2) is 0 Å². The van der Waals surface area contributed by atoms with Gasteiger partial charge in [-0.05, 0) is 56.5 Å². The topological polar surface area (TPSA) is 24.9 Å². The van der Waals surface area contributed by atoms with E-state index in [1.807, 2.05) is 6.20 Å². The van der Waals surface area contributed by atoms with E-state index >= 15 is 0 Å². The third-order valence-electron chi connectivity index (χ3n) is 4.37. The maximum absolute atomic E-state index is 4.69. The van der Waals surface area contributed by atoms with Crippen LogP contribution in [0.25, 0.3) is 0 Å². The van der Waals surface area contributed by atoms with Crippen molar-refractivity contribution in [3.05, 3.63) is 29.6 Å². The number of hydrogen-bond acceptors (Lipinski definition) is 3. The summed E-state index contributed by atoms with van der Waals surface area (Å²) in [5.41, 5.74) is 2.85. The van der Waals surface area contributed by atoms with Gasteiger partial charge in [0.05, 0.1) is 0 Å². The molecular formula is C15H22N2S. The van der Waals surface area contributed by atoms with Crippen LogP contribution in [-0.2, 0) is 6.42 Å². The predicted molar refractivity (Wildman–Crippen MR) is 78.2 cm³/mol. The Labute approximate surface area is 114 Å². The molecule has 3 unspecified atom stereocenters. The molecule has 1 aromatic heterocycles. The quantitative estimate of drug-likeness (QED) is 0.906. The first-order valence-electron chi connectivity index (χ1n) is 7.13. The molecule has 1 aliphatic carbocycles. The number of likely N-dealkylation sites (N-methyl/N-ethyl adjacent to an activating group) is 1. The van der Waals surface area contributed by atoms with E-state index < -0.39 is 0 Å². The molecule has 1 N–H and O–H groups in total. The van der Waals surface area contributed by atoms with Gasteiger partial charge in [-0.3, -0.25) is 4.98 Å². The maximum Gasteiger partial charge on any atom is 0.0482 e. The van der Waals surface area contributed by atoms with Crippen molar-refractivity contribution < 1.29 is 0 Å². The summed E-state index contributed by atoms with van der Waals surface area (Å²) >= 11 is 2.15. The highest BCUT2D eigenvalue weighted by Crippen LogP contribution is 2.39. The van der Waals surface area contributed by atoms with Crippen molar-refractivity contribution in [2.75, 3.05) is 12.8 Å². The smallest absolute Gasteiger partial charge is 0.0482 e.